The third kappa shape index (κ3) is 2.79. The summed E-state index contributed by atoms with van der Waals surface area (Å²) < 4.78 is 12.8. The Balaban J connectivity index is 2.24. The Morgan fingerprint density at radius 1 is 1.22 bits per heavy atom. The molecule has 0 aliphatic heterocycles. The number of nitrogens with one attached hydrogen (secondary N) is 1. The number of rotatable bonds is 4. The first-order valence-electron chi connectivity index (χ1n) is 5.25. The van der Waals surface area contributed by atoms with Gasteiger partial charge in [-0.15, -0.1) is 0 Å². The second-order valence-electron chi connectivity index (χ2n) is 3.60. The highest BCUT2D eigenvalue weighted by molar-refractivity contribution is 5.83. The van der Waals surface area contributed by atoms with Crippen molar-refractivity contribution in [2.75, 3.05) is 5.32 Å². The number of hydrogen-bond acceptors (Lipinski definition) is 4. The number of primary amides is 1. The van der Waals surface area contributed by atoms with Crippen molar-refractivity contribution < 1.29 is 9.18 Å². The van der Waals surface area contributed by atoms with Crippen LogP contribution in [0.4, 0.5) is 10.3 Å². The quantitative estimate of drug-likeness (QED) is 0.850. The van der Waals surface area contributed by atoms with Gasteiger partial charge in [0.15, 0.2) is 0 Å². The van der Waals surface area contributed by atoms with Crippen molar-refractivity contribution in [2.45, 2.75) is 6.04 Å². The number of halogens is 1. The van der Waals surface area contributed by atoms with Crippen LogP contribution >= 0.6 is 0 Å². The summed E-state index contributed by atoms with van der Waals surface area (Å²) in [4.78, 5) is 19.3. The number of carbonyl (C=O) groups is 1. The van der Waals surface area contributed by atoms with E-state index in [0.717, 1.165) is 0 Å². The molecule has 5 nitrogen and oxygen atoms in total. The molecule has 6 heteroatoms. The number of anilines is 1. The van der Waals surface area contributed by atoms with Crippen molar-refractivity contribution in [1.82, 2.24) is 9.97 Å². The van der Waals surface area contributed by atoms with Gasteiger partial charge in [-0.25, -0.2) is 14.4 Å². The summed E-state index contributed by atoms with van der Waals surface area (Å²) in [6, 6.07) is 6.36. The van der Waals surface area contributed by atoms with Gasteiger partial charge in [-0.05, 0) is 23.8 Å². The molecule has 1 atom stereocenters. The van der Waals surface area contributed by atoms with Crippen molar-refractivity contribution in [2.24, 2.45) is 5.73 Å². The second-order valence-corrected chi connectivity index (χ2v) is 3.60. The van der Waals surface area contributed by atoms with Crippen LogP contribution in [0.5, 0.6) is 0 Å². The van der Waals surface area contributed by atoms with Crippen LogP contribution in [0.25, 0.3) is 0 Å². The standard InChI is InChI=1S/C12H11FN4O/c13-9-4-2-8(3-5-9)10(11(14)18)17-12-15-6-1-7-16-12/h1-7,10H,(H2,14,18)(H,15,16,17). The number of nitrogens with zero attached hydrogens (tertiary/aromatic N) is 2. The maximum Gasteiger partial charge on any atom is 0.244 e. The topological polar surface area (TPSA) is 80.9 Å². The minimum absolute atomic E-state index is 0.283. The lowest BCUT2D eigenvalue weighted by Gasteiger charge is -2.15. The minimum Gasteiger partial charge on any atom is -0.368 e. The van der Waals surface area contributed by atoms with Crippen LogP contribution in [0.1, 0.15) is 11.6 Å². The summed E-state index contributed by atoms with van der Waals surface area (Å²) in [5, 5.41) is 2.79. The molecule has 0 aliphatic rings. The van der Waals surface area contributed by atoms with E-state index in [1.54, 1.807) is 6.07 Å². The molecule has 0 bridgehead atoms. The summed E-state index contributed by atoms with van der Waals surface area (Å²) in [6.45, 7) is 0. The smallest absolute Gasteiger partial charge is 0.244 e. The van der Waals surface area contributed by atoms with Crippen LogP contribution < -0.4 is 11.1 Å². The number of amides is 1. The summed E-state index contributed by atoms with van der Waals surface area (Å²) in [6.07, 6.45) is 3.08. The number of nitrogens with two attached hydrogens (primary N) is 1. The minimum atomic E-state index is -0.798. The van der Waals surface area contributed by atoms with E-state index in [0.29, 0.717) is 5.56 Å². The number of benzene rings is 1. The van der Waals surface area contributed by atoms with Gasteiger partial charge in [-0.2, -0.15) is 0 Å². The molecule has 0 fully saturated rings. The van der Waals surface area contributed by atoms with E-state index in [2.05, 4.69) is 15.3 Å². The van der Waals surface area contributed by atoms with Gasteiger partial charge in [0.2, 0.25) is 11.9 Å². The van der Waals surface area contributed by atoms with E-state index in [-0.39, 0.29) is 11.8 Å². The van der Waals surface area contributed by atoms with Crippen LogP contribution in [-0.4, -0.2) is 15.9 Å². The monoisotopic (exact) mass is 246 g/mol. The average molecular weight is 246 g/mol. The first-order valence-corrected chi connectivity index (χ1v) is 5.25. The van der Waals surface area contributed by atoms with Crippen molar-refractivity contribution >= 4 is 11.9 Å². The Labute approximate surface area is 103 Å². The zero-order valence-electron chi connectivity index (χ0n) is 9.38. The van der Waals surface area contributed by atoms with Crippen molar-refractivity contribution in [3.8, 4) is 0 Å². The van der Waals surface area contributed by atoms with Crippen molar-refractivity contribution in [3.63, 3.8) is 0 Å². The molecule has 1 heterocycles. The van der Waals surface area contributed by atoms with E-state index < -0.39 is 11.9 Å². The highest BCUT2D eigenvalue weighted by Gasteiger charge is 2.18. The summed E-state index contributed by atoms with van der Waals surface area (Å²) in [5.74, 6) is -0.683. The summed E-state index contributed by atoms with van der Waals surface area (Å²) in [7, 11) is 0. The van der Waals surface area contributed by atoms with Gasteiger partial charge in [-0.3, -0.25) is 4.79 Å². The van der Waals surface area contributed by atoms with Gasteiger partial charge in [0, 0.05) is 12.4 Å². The van der Waals surface area contributed by atoms with Gasteiger partial charge in [0.05, 0.1) is 0 Å². The highest BCUT2D eigenvalue weighted by Crippen LogP contribution is 2.17. The predicted molar refractivity (Wildman–Crippen MR) is 64.0 cm³/mol. The largest absolute Gasteiger partial charge is 0.368 e. The fourth-order valence-corrected chi connectivity index (χ4v) is 1.48. The fourth-order valence-electron chi connectivity index (χ4n) is 1.48. The van der Waals surface area contributed by atoms with Crippen molar-refractivity contribution in [1.29, 1.82) is 0 Å². The number of hydrogen-bond donors (Lipinski definition) is 2. The van der Waals surface area contributed by atoms with E-state index in [9.17, 15) is 9.18 Å². The molecule has 0 spiro atoms. The number of aromatic nitrogens is 2. The molecular formula is C12H11FN4O. The van der Waals surface area contributed by atoms with Crippen LogP contribution in [-0.2, 0) is 4.79 Å². The Morgan fingerprint density at radius 3 is 2.39 bits per heavy atom. The predicted octanol–water partition coefficient (Wildman–Crippen LogP) is 1.25. The normalized spacial score (nSPS) is 11.8. The first kappa shape index (κ1) is 12.0. The van der Waals surface area contributed by atoms with Crippen LogP contribution in [0, 0.1) is 5.82 Å². The molecular weight excluding hydrogens is 235 g/mol. The molecule has 1 amide bonds. The van der Waals surface area contributed by atoms with E-state index in [4.69, 9.17) is 5.73 Å². The third-order valence-electron chi connectivity index (χ3n) is 2.33. The Bertz CT molecular complexity index is 530. The molecule has 0 saturated carbocycles. The average Bonchev–Trinajstić information content (AvgIpc) is 2.38. The number of carbonyl (C=O) groups excluding carboxylic acids is 1. The molecule has 2 aromatic rings. The van der Waals surface area contributed by atoms with Gasteiger partial charge in [0.1, 0.15) is 11.9 Å². The molecule has 0 aliphatic carbocycles. The lowest BCUT2D eigenvalue weighted by Crippen LogP contribution is -2.28. The van der Waals surface area contributed by atoms with E-state index in [1.807, 2.05) is 0 Å². The lowest BCUT2D eigenvalue weighted by atomic mass is 10.1. The summed E-state index contributed by atoms with van der Waals surface area (Å²) in [5.41, 5.74) is 5.86. The molecule has 0 radical (unpaired) electrons. The molecule has 18 heavy (non-hydrogen) atoms. The van der Waals surface area contributed by atoms with E-state index >= 15 is 0 Å². The first-order chi connectivity index (χ1) is 8.66. The lowest BCUT2D eigenvalue weighted by molar-refractivity contribution is -0.118. The van der Waals surface area contributed by atoms with Crippen LogP contribution in [0.3, 0.4) is 0 Å². The third-order valence-corrected chi connectivity index (χ3v) is 2.33. The van der Waals surface area contributed by atoms with Gasteiger partial charge in [-0.1, -0.05) is 12.1 Å². The maximum absolute atomic E-state index is 12.8. The fraction of sp³-hybridized carbons (Fsp3) is 0.0833. The zero-order valence-corrected chi connectivity index (χ0v) is 9.38. The molecule has 92 valence electrons. The van der Waals surface area contributed by atoms with Crippen LogP contribution in [0.15, 0.2) is 42.7 Å². The SMILES string of the molecule is NC(=O)C(Nc1ncccn1)c1ccc(F)cc1. The van der Waals surface area contributed by atoms with Gasteiger partial charge in [0.25, 0.3) is 0 Å². The van der Waals surface area contributed by atoms with Gasteiger partial charge >= 0.3 is 0 Å². The molecule has 3 N–H and O–H groups in total. The highest BCUT2D eigenvalue weighted by atomic mass is 19.1. The molecule has 1 aromatic carbocycles. The molecule has 1 unspecified atom stereocenters. The van der Waals surface area contributed by atoms with Crippen LogP contribution in [0.2, 0.25) is 0 Å². The second kappa shape index (κ2) is 5.22. The molecule has 0 saturated heterocycles. The van der Waals surface area contributed by atoms with Crippen molar-refractivity contribution in [3.05, 3.63) is 54.1 Å². The molecule has 2 rings (SSSR count). The maximum atomic E-state index is 12.8. The van der Waals surface area contributed by atoms with E-state index in [1.165, 1.54) is 36.7 Å². The molecule has 1 aromatic heterocycles. The summed E-state index contributed by atoms with van der Waals surface area (Å²) >= 11 is 0. The Kier molecular flexibility index (Phi) is 3.47. The Morgan fingerprint density at radius 2 is 1.83 bits per heavy atom. The van der Waals surface area contributed by atoms with Gasteiger partial charge < -0.3 is 11.1 Å². The Hall–Kier alpha value is -2.50. The zero-order chi connectivity index (χ0) is 13.0.